The molecule has 1 saturated heterocycles. The Morgan fingerprint density at radius 1 is 0.774 bits per heavy atom. The standard InChI is InChI=1S/C27H30O4/c1-20-11-9-10-16-24(20)31-26-17-25(28-18-22-12-5-3-6-13-22)27(21(2)30-26)29-19-23-14-7-4-8-15-23/h3-16,21,25-27H,17-19H2,1-2H3/t21-,25-,26+,27-/m0/s1. The van der Waals surface area contributed by atoms with Crippen LogP contribution in [0.2, 0.25) is 0 Å². The molecule has 1 heterocycles. The van der Waals surface area contributed by atoms with Crippen LogP contribution in [-0.2, 0) is 27.4 Å². The molecule has 4 rings (SSSR count). The van der Waals surface area contributed by atoms with Gasteiger partial charge >= 0.3 is 0 Å². The Kier molecular flexibility index (Phi) is 7.36. The van der Waals surface area contributed by atoms with E-state index in [4.69, 9.17) is 18.9 Å². The van der Waals surface area contributed by atoms with E-state index in [0.717, 1.165) is 22.4 Å². The number of hydrogen-bond acceptors (Lipinski definition) is 4. The second-order valence-electron chi connectivity index (χ2n) is 7.99. The van der Waals surface area contributed by atoms with Crippen LogP contribution in [-0.4, -0.2) is 24.6 Å². The molecule has 4 nitrogen and oxygen atoms in total. The SMILES string of the molecule is Cc1ccccc1O[C@@H]1C[C@H](OCc2ccccc2)[C@@H](OCc2ccccc2)[C@H](C)O1. The Bertz CT molecular complexity index is 928. The maximum absolute atomic E-state index is 6.35. The minimum absolute atomic E-state index is 0.137. The molecule has 3 aromatic rings. The van der Waals surface area contributed by atoms with E-state index in [1.54, 1.807) is 0 Å². The van der Waals surface area contributed by atoms with Crippen molar-refractivity contribution in [3.63, 3.8) is 0 Å². The molecule has 0 spiro atoms. The van der Waals surface area contributed by atoms with Crippen molar-refractivity contribution in [1.82, 2.24) is 0 Å². The first-order chi connectivity index (χ1) is 15.2. The van der Waals surface area contributed by atoms with Gasteiger partial charge in [-0.3, -0.25) is 0 Å². The molecular weight excluding hydrogens is 388 g/mol. The van der Waals surface area contributed by atoms with Crippen LogP contribution in [0, 0.1) is 6.92 Å². The molecule has 0 N–H and O–H groups in total. The molecule has 0 aromatic heterocycles. The summed E-state index contributed by atoms with van der Waals surface area (Å²) >= 11 is 0. The van der Waals surface area contributed by atoms with E-state index in [1.807, 2.05) is 74.5 Å². The third-order valence-electron chi connectivity index (χ3n) is 5.56. The van der Waals surface area contributed by atoms with E-state index in [0.29, 0.717) is 19.6 Å². The minimum atomic E-state index is -0.381. The first-order valence-electron chi connectivity index (χ1n) is 10.9. The molecule has 162 valence electrons. The summed E-state index contributed by atoms with van der Waals surface area (Å²) in [4.78, 5) is 0. The van der Waals surface area contributed by atoms with Gasteiger partial charge in [0.2, 0.25) is 6.29 Å². The van der Waals surface area contributed by atoms with Gasteiger partial charge in [0.05, 0.1) is 25.4 Å². The predicted molar refractivity (Wildman–Crippen MR) is 121 cm³/mol. The highest BCUT2D eigenvalue weighted by Crippen LogP contribution is 2.29. The summed E-state index contributed by atoms with van der Waals surface area (Å²) in [7, 11) is 0. The molecule has 0 amide bonds. The van der Waals surface area contributed by atoms with Crippen LogP contribution in [0.25, 0.3) is 0 Å². The highest BCUT2D eigenvalue weighted by Gasteiger charge is 2.39. The molecule has 0 radical (unpaired) electrons. The van der Waals surface area contributed by atoms with Crippen molar-refractivity contribution in [1.29, 1.82) is 0 Å². The van der Waals surface area contributed by atoms with E-state index in [-0.39, 0.29) is 24.6 Å². The molecule has 0 unspecified atom stereocenters. The summed E-state index contributed by atoms with van der Waals surface area (Å²) < 4.78 is 25.0. The van der Waals surface area contributed by atoms with Gasteiger partial charge in [-0.1, -0.05) is 78.9 Å². The summed E-state index contributed by atoms with van der Waals surface area (Å²) in [6.07, 6.45) is -0.256. The van der Waals surface area contributed by atoms with E-state index < -0.39 is 0 Å². The summed E-state index contributed by atoms with van der Waals surface area (Å²) in [6.45, 7) is 5.12. The average Bonchev–Trinajstić information content (AvgIpc) is 2.80. The molecule has 4 atom stereocenters. The fourth-order valence-electron chi connectivity index (χ4n) is 3.85. The first-order valence-corrected chi connectivity index (χ1v) is 10.9. The molecule has 0 saturated carbocycles. The van der Waals surface area contributed by atoms with Crippen molar-refractivity contribution < 1.29 is 18.9 Å². The summed E-state index contributed by atoms with van der Waals surface area (Å²) in [5.41, 5.74) is 3.36. The van der Waals surface area contributed by atoms with Crippen molar-refractivity contribution in [2.75, 3.05) is 0 Å². The maximum atomic E-state index is 6.35. The first kappa shape index (κ1) is 21.6. The van der Waals surface area contributed by atoms with Crippen molar-refractivity contribution in [3.05, 3.63) is 102 Å². The Labute approximate surface area is 184 Å². The van der Waals surface area contributed by atoms with E-state index in [1.165, 1.54) is 0 Å². The average molecular weight is 419 g/mol. The van der Waals surface area contributed by atoms with Gasteiger partial charge in [0.15, 0.2) is 0 Å². The third-order valence-corrected chi connectivity index (χ3v) is 5.56. The number of ether oxygens (including phenoxy) is 4. The highest BCUT2D eigenvalue weighted by atomic mass is 16.7. The number of para-hydroxylation sites is 1. The van der Waals surface area contributed by atoms with Crippen LogP contribution in [0.3, 0.4) is 0 Å². The lowest BCUT2D eigenvalue weighted by molar-refractivity contribution is -0.243. The fourth-order valence-corrected chi connectivity index (χ4v) is 3.85. The van der Waals surface area contributed by atoms with E-state index >= 15 is 0 Å². The Morgan fingerprint density at radius 3 is 2.00 bits per heavy atom. The maximum Gasteiger partial charge on any atom is 0.202 e. The zero-order valence-corrected chi connectivity index (χ0v) is 18.1. The molecule has 4 heteroatoms. The number of aryl methyl sites for hydroxylation is 1. The van der Waals surface area contributed by atoms with Crippen LogP contribution in [0.15, 0.2) is 84.9 Å². The Hall–Kier alpha value is -2.66. The lowest BCUT2D eigenvalue weighted by Gasteiger charge is -2.40. The van der Waals surface area contributed by atoms with Crippen molar-refractivity contribution in [2.45, 2.75) is 58.1 Å². The van der Waals surface area contributed by atoms with Gasteiger partial charge in [0.1, 0.15) is 11.9 Å². The second kappa shape index (κ2) is 10.6. The normalized spacial score (nSPS) is 23.4. The predicted octanol–water partition coefficient (Wildman–Crippen LogP) is 5.68. The number of benzene rings is 3. The van der Waals surface area contributed by atoms with Crippen molar-refractivity contribution in [3.8, 4) is 5.75 Å². The number of hydrogen-bond donors (Lipinski definition) is 0. The zero-order valence-electron chi connectivity index (χ0n) is 18.1. The molecule has 1 fully saturated rings. The van der Waals surface area contributed by atoms with Crippen LogP contribution in [0.5, 0.6) is 5.75 Å². The number of rotatable bonds is 8. The smallest absolute Gasteiger partial charge is 0.202 e. The highest BCUT2D eigenvalue weighted by molar-refractivity contribution is 5.31. The molecule has 0 aliphatic carbocycles. The summed E-state index contributed by atoms with van der Waals surface area (Å²) in [5, 5.41) is 0. The van der Waals surface area contributed by atoms with Gasteiger partial charge in [-0.2, -0.15) is 0 Å². The van der Waals surface area contributed by atoms with Gasteiger partial charge in [0, 0.05) is 6.42 Å². The van der Waals surface area contributed by atoms with Crippen LogP contribution in [0.1, 0.15) is 30.0 Å². The van der Waals surface area contributed by atoms with Gasteiger partial charge < -0.3 is 18.9 Å². The Morgan fingerprint density at radius 2 is 1.35 bits per heavy atom. The lowest BCUT2D eigenvalue weighted by atomic mass is 10.0. The zero-order chi connectivity index (χ0) is 21.5. The van der Waals surface area contributed by atoms with Gasteiger partial charge in [-0.15, -0.1) is 0 Å². The molecule has 31 heavy (non-hydrogen) atoms. The molecule has 1 aliphatic rings. The van der Waals surface area contributed by atoms with Crippen molar-refractivity contribution in [2.24, 2.45) is 0 Å². The van der Waals surface area contributed by atoms with Crippen LogP contribution in [0.4, 0.5) is 0 Å². The van der Waals surface area contributed by atoms with Gasteiger partial charge in [0.25, 0.3) is 0 Å². The van der Waals surface area contributed by atoms with E-state index in [9.17, 15) is 0 Å². The molecule has 1 aliphatic heterocycles. The van der Waals surface area contributed by atoms with E-state index in [2.05, 4.69) is 24.3 Å². The van der Waals surface area contributed by atoms with Gasteiger partial charge in [-0.05, 0) is 36.6 Å². The van der Waals surface area contributed by atoms with Crippen molar-refractivity contribution >= 4 is 0 Å². The lowest BCUT2D eigenvalue weighted by Crippen LogP contribution is -2.51. The van der Waals surface area contributed by atoms with Crippen LogP contribution < -0.4 is 4.74 Å². The Balaban J connectivity index is 1.45. The molecular formula is C27H30O4. The monoisotopic (exact) mass is 418 g/mol. The largest absolute Gasteiger partial charge is 0.465 e. The summed E-state index contributed by atoms with van der Waals surface area (Å²) in [5.74, 6) is 0.838. The fraction of sp³-hybridized carbons (Fsp3) is 0.333. The molecule has 0 bridgehead atoms. The van der Waals surface area contributed by atoms with Gasteiger partial charge in [-0.25, -0.2) is 0 Å². The molecule has 3 aromatic carbocycles. The quantitative estimate of drug-likeness (QED) is 0.472. The van der Waals surface area contributed by atoms with Crippen LogP contribution >= 0.6 is 0 Å². The second-order valence-corrected chi connectivity index (χ2v) is 7.99. The minimum Gasteiger partial charge on any atom is -0.465 e. The third kappa shape index (κ3) is 5.95. The summed E-state index contributed by atoms with van der Waals surface area (Å²) in [6, 6.07) is 28.4. The topological polar surface area (TPSA) is 36.9 Å².